The number of rotatable bonds is 5. The summed E-state index contributed by atoms with van der Waals surface area (Å²) in [4.78, 5) is 26.3. The molecule has 1 aromatic rings. The van der Waals surface area contributed by atoms with Gasteiger partial charge in [-0.05, 0) is 46.0 Å². The van der Waals surface area contributed by atoms with Crippen molar-refractivity contribution in [3.05, 3.63) is 17.1 Å². The quantitative estimate of drug-likeness (QED) is 0.856. The van der Waals surface area contributed by atoms with Crippen molar-refractivity contribution in [3.63, 3.8) is 0 Å². The second-order valence-corrected chi connectivity index (χ2v) is 7.48. The molecule has 0 aliphatic carbocycles. The van der Waals surface area contributed by atoms with E-state index in [1.165, 1.54) is 0 Å². The first-order chi connectivity index (χ1) is 12.5. The Morgan fingerprint density at radius 3 is 2.62 bits per heavy atom. The number of amides is 1. The molecule has 2 N–H and O–H groups in total. The van der Waals surface area contributed by atoms with Crippen LogP contribution in [0.5, 0.6) is 0 Å². The summed E-state index contributed by atoms with van der Waals surface area (Å²) in [5.41, 5.74) is 7.94. The molecule has 2 fully saturated rings. The molecule has 0 bridgehead atoms. The zero-order chi connectivity index (χ0) is 18.7. The van der Waals surface area contributed by atoms with Crippen LogP contribution in [0, 0.1) is 19.8 Å². The van der Waals surface area contributed by atoms with Gasteiger partial charge in [-0.2, -0.15) is 0 Å². The lowest BCUT2D eigenvalue weighted by molar-refractivity contribution is 0.0461. The van der Waals surface area contributed by atoms with Gasteiger partial charge in [0.1, 0.15) is 5.82 Å². The van der Waals surface area contributed by atoms with E-state index in [0.29, 0.717) is 18.3 Å². The minimum atomic E-state index is -0.0770. The molecule has 26 heavy (non-hydrogen) atoms. The van der Waals surface area contributed by atoms with E-state index in [4.69, 9.17) is 10.5 Å². The van der Waals surface area contributed by atoms with Crippen molar-refractivity contribution in [3.8, 4) is 0 Å². The molecule has 1 atom stereocenters. The van der Waals surface area contributed by atoms with E-state index in [-0.39, 0.29) is 11.9 Å². The zero-order valence-corrected chi connectivity index (χ0v) is 16.2. The van der Waals surface area contributed by atoms with Gasteiger partial charge in [0.25, 0.3) is 5.91 Å². The molecule has 7 heteroatoms. The normalized spacial score (nSPS) is 21.2. The topological polar surface area (TPSA) is 84.6 Å². The molecule has 144 valence electrons. The number of aryl methyl sites for hydroxylation is 1. The van der Waals surface area contributed by atoms with Gasteiger partial charge < -0.3 is 20.3 Å². The molecule has 0 saturated carbocycles. The van der Waals surface area contributed by atoms with E-state index in [1.54, 1.807) is 0 Å². The summed E-state index contributed by atoms with van der Waals surface area (Å²) >= 11 is 0. The average molecular weight is 361 g/mol. The van der Waals surface area contributed by atoms with Gasteiger partial charge in [0.05, 0.1) is 0 Å². The Morgan fingerprint density at radius 2 is 2.00 bits per heavy atom. The SMILES string of the molecule is CCN(CC1CCOCC1)C(=O)c1nc(C)c(C)c(N2CC[C@@H](N)C2)n1. The Kier molecular flexibility index (Phi) is 6.09. The number of ether oxygens (including phenoxy) is 1. The Hall–Kier alpha value is -1.73. The highest BCUT2D eigenvalue weighted by molar-refractivity contribution is 5.91. The van der Waals surface area contributed by atoms with Crippen molar-refractivity contribution in [1.29, 1.82) is 0 Å². The minimum Gasteiger partial charge on any atom is -0.381 e. The van der Waals surface area contributed by atoms with Crippen LogP contribution < -0.4 is 10.6 Å². The molecule has 2 aliphatic rings. The fourth-order valence-corrected chi connectivity index (χ4v) is 3.73. The maximum atomic E-state index is 13.1. The summed E-state index contributed by atoms with van der Waals surface area (Å²) in [5, 5.41) is 0. The van der Waals surface area contributed by atoms with Crippen LogP contribution >= 0.6 is 0 Å². The first-order valence-corrected chi connectivity index (χ1v) is 9.72. The van der Waals surface area contributed by atoms with Gasteiger partial charge in [0, 0.05) is 56.7 Å². The highest BCUT2D eigenvalue weighted by Gasteiger charge is 2.27. The second-order valence-electron chi connectivity index (χ2n) is 7.48. The molecular weight excluding hydrogens is 330 g/mol. The lowest BCUT2D eigenvalue weighted by Gasteiger charge is -2.29. The van der Waals surface area contributed by atoms with Gasteiger partial charge in [-0.3, -0.25) is 4.79 Å². The van der Waals surface area contributed by atoms with Crippen molar-refractivity contribution in [1.82, 2.24) is 14.9 Å². The monoisotopic (exact) mass is 361 g/mol. The molecule has 2 saturated heterocycles. The number of carbonyl (C=O) groups excluding carboxylic acids is 1. The molecule has 3 rings (SSSR count). The third-order valence-corrected chi connectivity index (χ3v) is 5.57. The summed E-state index contributed by atoms with van der Waals surface area (Å²) in [7, 11) is 0. The van der Waals surface area contributed by atoms with Crippen LogP contribution in [0.25, 0.3) is 0 Å². The first-order valence-electron chi connectivity index (χ1n) is 9.72. The minimum absolute atomic E-state index is 0.0770. The van der Waals surface area contributed by atoms with Gasteiger partial charge in [-0.1, -0.05) is 0 Å². The number of nitrogens with two attached hydrogens (primary N) is 1. The van der Waals surface area contributed by atoms with Crippen LogP contribution in [-0.2, 0) is 4.74 Å². The fraction of sp³-hybridized carbons (Fsp3) is 0.737. The van der Waals surface area contributed by atoms with Gasteiger partial charge in [0.15, 0.2) is 0 Å². The largest absolute Gasteiger partial charge is 0.381 e. The zero-order valence-electron chi connectivity index (χ0n) is 16.2. The molecular formula is C19H31N5O2. The third kappa shape index (κ3) is 4.15. The van der Waals surface area contributed by atoms with Crippen LogP contribution in [0.1, 0.15) is 48.1 Å². The third-order valence-electron chi connectivity index (χ3n) is 5.57. The molecule has 0 spiro atoms. The average Bonchev–Trinajstić information content (AvgIpc) is 3.08. The van der Waals surface area contributed by atoms with E-state index >= 15 is 0 Å². The molecule has 7 nitrogen and oxygen atoms in total. The summed E-state index contributed by atoms with van der Waals surface area (Å²) < 4.78 is 5.43. The Balaban J connectivity index is 1.80. The predicted octanol–water partition coefficient (Wildman–Crippen LogP) is 1.52. The number of aromatic nitrogens is 2. The maximum Gasteiger partial charge on any atom is 0.291 e. The second kappa shape index (κ2) is 8.31. The van der Waals surface area contributed by atoms with E-state index < -0.39 is 0 Å². The maximum absolute atomic E-state index is 13.1. The molecule has 2 aliphatic heterocycles. The number of hydrogen-bond acceptors (Lipinski definition) is 6. The summed E-state index contributed by atoms with van der Waals surface area (Å²) in [6, 6.07) is 0.171. The van der Waals surface area contributed by atoms with Crippen molar-refractivity contribution in [2.45, 2.75) is 46.1 Å². The molecule has 0 aromatic carbocycles. The lowest BCUT2D eigenvalue weighted by Crippen LogP contribution is -2.38. The van der Waals surface area contributed by atoms with Crippen molar-refractivity contribution in [2.75, 3.05) is 44.3 Å². The number of anilines is 1. The van der Waals surface area contributed by atoms with Crippen LogP contribution in [0.15, 0.2) is 0 Å². The van der Waals surface area contributed by atoms with Gasteiger partial charge in [-0.15, -0.1) is 0 Å². The fourth-order valence-electron chi connectivity index (χ4n) is 3.73. The van der Waals surface area contributed by atoms with Gasteiger partial charge in [-0.25, -0.2) is 9.97 Å². The van der Waals surface area contributed by atoms with Crippen LogP contribution in [0.2, 0.25) is 0 Å². The van der Waals surface area contributed by atoms with Crippen LogP contribution in [0.3, 0.4) is 0 Å². The highest BCUT2D eigenvalue weighted by atomic mass is 16.5. The molecule has 0 unspecified atom stereocenters. The first kappa shape index (κ1) is 19.0. The van der Waals surface area contributed by atoms with Gasteiger partial charge in [0.2, 0.25) is 5.82 Å². The summed E-state index contributed by atoms with van der Waals surface area (Å²) in [6.07, 6.45) is 2.97. The molecule has 1 aromatic heterocycles. The van der Waals surface area contributed by atoms with E-state index in [2.05, 4.69) is 14.9 Å². The molecule has 3 heterocycles. The molecule has 0 radical (unpaired) electrons. The molecule has 1 amide bonds. The van der Waals surface area contributed by atoms with E-state index in [1.807, 2.05) is 25.7 Å². The lowest BCUT2D eigenvalue weighted by atomic mass is 9.99. The smallest absolute Gasteiger partial charge is 0.291 e. The predicted molar refractivity (Wildman–Crippen MR) is 101 cm³/mol. The standard InChI is InChI=1S/C19H31N5O2/c1-4-23(11-15-6-9-26-10-7-15)19(25)17-21-14(3)13(2)18(22-17)24-8-5-16(20)12-24/h15-16H,4-12,20H2,1-3H3/t16-/m1/s1. The van der Waals surface area contributed by atoms with Crippen molar-refractivity contribution >= 4 is 11.7 Å². The van der Waals surface area contributed by atoms with E-state index in [0.717, 1.165) is 69.2 Å². The van der Waals surface area contributed by atoms with E-state index in [9.17, 15) is 4.79 Å². The van der Waals surface area contributed by atoms with Crippen LogP contribution in [0.4, 0.5) is 5.82 Å². The Bertz CT molecular complexity index is 645. The summed E-state index contributed by atoms with van der Waals surface area (Å²) in [6.45, 7) is 10.6. The Morgan fingerprint density at radius 1 is 1.27 bits per heavy atom. The van der Waals surface area contributed by atoms with Crippen molar-refractivity contribution in [2.24, 2.45) is 11.7 Å². The Labute approximate surface area is 155 Å². The summed E-state index contributed by atoms with van der Waals surface area (Å²) in [5.74, 6) is 1.58. The number of carbonyl (C=O) groups is 1. The number of nitrogens with zero attached hydrogens (tertiary/aromatic N) is 4. The van der Waals surface area contributed by atoms with Gasteiger partial charge >= 0.3 is 0 Å². The number of hydrogen-bond donors (Lipinski definition) is 1. The van der Waals surface area contributed by atoms with Crippen LogP contribution in [-0.4, -0.2) is 66.2 Å². The highest BCUT2D eigenvalue weighted by Crippen LogP contribution is 2.24. The van der Waals surface area contributed by atoms with Crippen molar-refractivity contribution < 1.29 is 9.53 Å².